The molecule has 20 heavy (non-hydrogen) atoms. The van der Waals surface area contributed by atoms with E-state index in [1.165, 1.54) is 25.0 Å². The van der Waals surface area contributed by atoms with Crippen LogP contribution in [0.5, 0.6) is 0 Å². The van der Waals surface area contributed by atoms with Crippen molar-refractivity contribution >= 4 is 0 Å². The van der Waals surface area contributed by atoms with Gasteiger partial charge < -0.3 is 5.32 Å². The zero-order chi connectivity index (χ0) is 14.4. The summed E-state index contributed by atoms with van der Waals surface area (Å²) in [6.07, 6.45) is 6.00. The van der Waals surface area contributed by atoms with Crippen molar-refractivity contribution in [2.24, 2.45) is 13.0 Å². The van der Waals surface area contributed by atoms with E-state index in [4.69, 9.17) is 0 Å². The van der Waals surface area contributed by atoms with Crippen LogP contribution in [0.3, 0.4) is 0 Å². The maximum absolute atomic E-state index is 4.57. The molecule has 2 aliphatic rings. The van der Waals surface area contributed by atoms with E-state index in [-0.39, 0.29) is 5.54 Å². The minimum atomic E-state index is 0.242. The molecule has 2 heterocycles. The molecule has 1 aliphatic carbocycles. The molecule has 0 radical (unpaired) electrons. The molecule has 2 fully saturated rings. The average molecular weight is 276 g/mol. The van der Waals surface area contributed by atoms with Gasteiger partial charge in [-0.05, 0) is 45.1 Å². The van der Waals surface area contributed by atoms with Gasteiger partial charge in [0, 0.05) is 44.0 Å². The SMILES string of the molecule is CCC1(C)CNC(C)(C2CC2)CN1Cc1ccn(C)n1. The summed E-state index contributed by atoms with van der Waals surface area (Å²) in [5.74, 6) is 0.870. The molecule has 0 spiro atoms. The van der Waals surface area contributed by atoms with Crippen molar-refractivity contribution in [2.45, 2.75) is 57.7 Å². The monoisotopic (exact) mass is 276 g/mol. The summed E-state index contributed by atoms with van der Waals surface area (Å²) in [7, 11) is 1.99. The average Bonchev–Trinajstić information content (AvgIpc) is 3.20. The van der Waals surface area contributed by atoms with E-state index in [9.17, 15) is 0 Å². The third-order valence-corrected chi connectivity index (χ3v) is 5.52. The predicted molar refractivity (Wildman–Crippen MR) is 81.4 cm³/mol. The highest BCUT2D eigenvalue weighted by Crippen LogP contribution is 2.43. The molecule has 4 nitrogen and oxygen atoms in total. The lowest BCUT2D eigenvalue weighted by Gasteiger charge is -2.52. The van der Waals surface area contributed by atoms with Crippen molar-refractivity contribution in [3.05, 3.63) is 18.0 Å². The van der Waals surface area contributed by atoms with Crippen LogP contribution in [0, 0.1) is 5.92 Å². The predicted octanol–water partition coefficient (Wildman–Crippen LogP) is 2.16. The first-order chi connectivity index (χ1) is 9.45. The van der Waals surface area contributed by atoms with Crippen LogP contribution < -0.4 is 5.32 Å². The molecule has 112 valence electrons. The summed E-state index contributed by atoms with van der Waals surface area (Å²) >= 11 is 0. The molecule has 2 unspecified atom stereocenters. The second kappa shape index (κ2) is 4.85. The molecular formula is C16H28N4. The van der Waals surface area contributed by atoms with Crippen molar-refractivity contribution in [1.82, 2.24) is 20.0 Å². The molecule has 2 atom stereocenters. The summed E-state index contributed by atoms with van der Waals surface area (Å²) < 4.78 is 1.90. The number of piperazine rings is 1. The maximum atomic E-state index is 4.57. The van der Waals surface area contributed by atoms with Gasteiger partial charge in [-0.15, -0.1) is 0 Å². The van der Waals surface area contributed by atoms with E-state index < -0.39 is 0 Å². The summed E-state index contributed by atoms with van der Waals surface area (Å²) in [5, 5.41) is 8.42. The molecule has 1 N–H and O–H groups in total. The third kappa shape index (κ3) is 2.51. The lowest BCUT2D eigenvalue weighted by molar-refractivity contribution is 0.00331. The first kappa shape index (κ1) is 14.1. The molecular weight excluding hydrogens is 248 g/mol. The first-order valence-electron chi connectivity index (χ1n) is 7.94. The van der Waals surface area contributed by atoms with Gasteiger partial charge in [-0.2, -0.15) is 5.10 Å². The fourth-order valence-corrected chi connectivity index (χ4v) is 3.48. The Morgan fingerprint density at radius 1 is 1.40 bits per heavy atom. The topological polar surface area (TPSA) is 33.1 Å². The molecule has 0 bridgehead atoms. The van der Waals surface area contributed by atoms with Gasteiger partial charge in [0.05, 0.1) is 5.69 Å². The number of hydrogen-bond donors (Lipinski definition) is 1. The second-order valence-corrected chi connectivity index (χ2v) is 7.23. The summed E-state index contributed by atoms with van der Waals surface area (Å²) in [4.78, 5) is 2.66. The lowest BCUT2D eigenvalue weighted by Crippen LogP contribution is -2.68. The molecule has 1 saturated carbocycles. The highest BCUT2D eigenvalue weighted by molar-refractivity contribution is 5.09. The first-order valence-corrected chi connectivity index (χ1v) is 7.94. The van der Waals surface area contributed by atoms with Gasteiger partial charge in [0.25, 0.3) is 0 Å². The van der Waals surface area contributed by atoms with Crippen LogP contribution >= 0.6 is 0 Å². The van der Waals surface area contributed by atoms with E-state index in [0.29, 0.717) is 5.54 Å². The Hall–Kier alpha value is -0.870. The van der Waals surface area contributed by atoms with Crippen LogP contribution in [0.25, 0.3) is 0 Å². The Labute approximate surface area is 122 Å². The van der Waals surface area contributed by atoms with Gasteiger partial charge in [0.1, 0.15) is 0 Å². The van der Waals surface area contributed by atoms with Gasteiger partial charge in [0.15, 0.2) is 0 Å². The fourth-order valence-electron chi connectivity index (χ4n) is 3.48. The summed E-state index contributed by atoms with van der Waals surface area (Å²) in [6, 6.07) is 2.15. The molecule has 0 amide bonds. The highest BCUT2D eigenvalue weighted by Gasteiger charge is 2.48. The highest BCUT2D eigenvalue weighted by atomic mass is 15.3. The molecule has 0 aromatic carbocycles. The van der Waals surface area contributed by atoms with Gasteiger partial charge in [-0.1, -0.05) is 6.92 Å². The molecule has 1 aliphatic heterocycles. The van der Waals surface area contributed by atoms with Crippen molar-refractivity contribution in [2.75, 3.05) is 13.1 Å². The minimum Gasteiger partial charge on any atom is -0.308 e. The van der Waals surface area contributed by atoms with Gasteiger partial charge >= 0.3 is 0 Å². The van der Waals surface area contributed by atoms with Crippen LogP contribution in [0.2, 0.25) is 0 Å². The molecule has 3 rings (SSSR count). The van der Waals surface area contributed by atoms with Crippen molar-refractivity contribution < 1.29 is 0 Å². The standard InChI is InChI=1S/C16H28N4/c1-5-15(2)11-17-16(3,13-6-7-13)12-20(15)10-14-8-9-19(4)18-14/h8-9,13,17H,5-7,10-12H2,1-4H3. The number of nitrogens with one attached hydrogen (secondary N) is 1. The Balaban J connectivity index is 1.78. The van der Waals surface area contributed by atoms with Gasteiger partial charge in [0.2, 0.25) is 0 Å². The van der Waals surface area contributed by atoms with Gasteiger partial charge in [-0.25, -0.2) is 0 Å². The van der Waals surface area contributed by atoms with Crippen molar-refractivity contribution in [3.63, 3.8) is 0 Å². The van der Waals surface area contributed by atoms with Crippen LogP contribution in [-0.4, -0.2) is 38.8 Å². The molecule has 4 heteroatoms. The fraction of sp³-hybridized carbons (Fsp3) is 0.812. The van der Waals surface area contributed by atoms with E-state index in [0.717, 1.165) is 25.6 Å². The second-order valence-electron chi connectivity index (χ2n) is 7.23. The number of hydrogen-bond acceptors (Lipinski definition) is 3. The summed E-state index contributed by atoms with van der Waals surface area (Å²) in [5.41, 5.74) is 1.72. The Bertz CT molecular complexity index is 479. The largest absolute Gasteiger partial charge is 0.308 e. The quantitative estimate of drug-likeness (QED) is 0.915. The van der Waals surface area contributed by atoms with E-state index in [1.807, 2.05) is 17.9 Å². The maximum Gasteiger partial charge on any atom is 0.0764 e. The number of aryl methyl sites for hydroxylation is 1. The normalized spacial score (nSPS) is 35.4. The third-order valence-electron chi connectivity index (χ3n) is 5.52. The van der Waals surface area contributed by atoms with Crippen LogP contribution in [-0.2, 0) is 13.6 Å². The molecule has 1 aromatic rings. The van der Waals surface area contributed by atoms with Crippen LogP contribution in [0.15, 0.2) is 12.3 Å². The Kier molecular flexibility index (Phi) is 3.41. The Morgan fingerprint density at radius 2 is 2.15 bits per heavy atom. The van der Waals surface area contributed by atoms with Crippen molar-refractivity contribution in [1.29, 1.82) is 0 Å². The van der Waals surface area contributed by atoms with Crippen LogP contribution in [0.1, 0.15) is 45.7 Å². The lowest BCUT2D eigenvalue weighted by atomic mass is 9.84. The van der Waals surface area contributed by atoms with Crippen LogP contribution in [0.4, 0.5) is 0 Å². The number of rotatable bonds is 4. The van der Waals surface area contributed by atoms with E-state index in [2.05, 4.69) is 42.2 Å². The van der Waals surface area contributed by atoms with Gasteiger partial charge in [-0.3, -0.25) is 9.58 Å². The zero-order valence-electron chi connectivity index (χ0n) is 13.3. The van der Waals surface area contributed by atoms with E-state index in [1.54, 1.807) is 0 Å². The number of nitrogens with zero attached hydrogens (tertiary/aromatic N) is 3. The molecule has 1 aromatic heterocycles. The Morgan fingerprint density at radius 3 is 2.70 bits per heavy atom. The molecule has 1 saturated heterocycles. The van der Waals surface area contributed by atoms with E-state index >= 15 is 0 Å². The smallest absolute Gasteiger partial charge is 0.0764 e. The minimum absolute atomic E-state index is 0.242. The summed E-state index contributed by atoms with van der Waals surface area (Å²) in [6.45, 7) is 10.3. The number of aromatic nitrogens is 2. The van der Waals surface area contributed by atoms with Crippen molar-refractivity contribution in [3.8, 4) is 0 Å². The zero-order valence-corrected chi connectivity index (χ0v) is 13.3.